The molecule has 1 atom stereocenters. The molecule has 1 amide bonds. The smallest absolute Gasteiger partial charge is 0.311 e. The van der Waals surface area contributed by atoms with E-state index in [1.807, 2.05) is 6.07 Å². The van der Waals surface area contributed by atoms with Gasteiger partial charge in [0, 0.05) is 6.04 Å². The van der Waals surface area contributed by atoms with E-state index >= 15 is 0 Å². The second-order valence-electron chi connectivity index (χ2n) is 7.46. The normalized spacial score (nSPS) is 18.9. The van der Waals surface area contributed by atoms with Crippen LogP contribution in [-0.2, 0) is 33.6 Å². The number of nitrogens with one attached hydrogen (secondary N) is 1. The van der Waals surface area contributed by atoms with Crippen molar-refractivity contribution in [3.8, 4) is 0 Å². The van der Waals surface area contributed by atoms with Crippen LogP contribution in [0.15, 0.2) is 18.2 Å². The average Bonchev–Trinajstić information content (AvgIpc) is 2.90. The van der Waals surface area contributed by atoms with E-state index in [9.17, 15) is 9.59 Å². The van der Waals surface area contributed by atoms with Crippen molar-refractivity contribution in [1.29, 1.82) is 0 Å². The zero-order valence-electron chi connectivity index (χ0n) is 15.2. The van der Waals surface area contributed by atoms with Crippen molar-refractivity contribution < 1.29 is 14.3 Å². The topological polar surface area (TPSA) is 55.4 Å². The molecule has 0 aromatic heterocycles. The van der Waals surface area contributed by atoms with Crippen molar-refractivity contribution in [2.45, 2.75) is 83.3 Å². The van der Waals surface area contributed by atoms with Crippen LogP contribution in [0.4, 0.5) is 0 Å². The van der Waals surface area contributed by atoms with E-state index in [0.29, 0.717) is 0 Å². The quantitative estimate of drug-likeness (QED) is 0.658. The highest BCUT2D eigenvalue weighted by Gasteiger charge is 2.22. The number of fused-ring (bicyclic) bond motifs is 1. The van der Waals surface area contributed by atoms with Gasteiger partial charge < -0.3 is 10.1 Å². The molecule has 0 heterocycles. The lowest BCUT2D eigenvalue weighted by Gasteiger charge is -2.19. The van der Waals surface area contributed by atoms with Crippen LogP contribution in [0, 0.1) is 0 Å². The average molecular weight is 343 g/mol. The summed E-state index contributed by atoms with van der Waals surface area (Å²) in [6.45, 7) is 1.66. The highest BCUT2D eigenvalue weighted by atomic mass is 16.5. The first kappa shape index (κ1) is 18.0. The number of hydrogen-bond donors (Lipinski definition) is 1. The standard InChI is InChI=1S/C21H29NO3/c1-15(21(24)22-19-9-4-2-3-5-10-19)25-20(23)14-16-11-12-17-7-6-8-18(17)13-16/h11-13,15,19H,2-10,14H2,1H3,(H,22,24)/t15-/m0/s1. The Morgan fingerprint density at radius 2 is 1.80 bits per heavy atom. The van der Waals surface area contributed by atoms with Crippen LogP contribution in [0.5, 0.6) is 0 Å². The van der Waals surface area contributed by atoms with Gasteiger partial charge in [-0.05, 0) is 55.7 Å². The van der Waals surface area contributed by atoms with Crippen LogP contribution < -0.4 is 5.32 Å². The highest BCUT2D eigenvalue weighted by molar-refractivity contribution is 5.84. The van der Waals surface area contributed by atoms with Gasteiger partial charge in [0.2, 0.25) is 0 Å². The summed E-state index contributed by atoms with van der Waals surface area (Å²) in [7, 11) is 0. The molecular weight excluding hydrogens is 314 g/mol. The molecule has 3 rings (SSSR count). The van der Waals surface area contributed by atoms with Gasteiger partial charge in [0.25, 0.3) is 5.91 Å². The number of amides is 1. The maximum absolute atomic E-state index is 12.3. The summed E-state index contributed by atoms with van der Waals surface area (Å²) in [6.07, 6.45) is 9.81. The minimum absolute atomic E-state index is 0.172. The lowest BCUT2D eigenvalue weighted by Crippen LogP contribution is -2.42. The highest BCUT2D eigenvalue weighted by Crippen LogP contribution is 2.23. The van der Waals surface area contributed by atoms with Gasteiger partial charge in [0.1, 0.15) is 0 Å². The van der Waals surface area contributed by atoms with Crippen LogP contribution in [0.3, 0.4) is 0 Å². The molecule has 1 aromatic carbocycles. The largest absolute Gasteiger partial charge is 0.452 e. The molecule has 2 aliphatic rings. The number of hydrogen-bond acceptors (Lipinski definition) is 3. The molecule has 0 spiro atoms. The first-order valence-corrected chi connectivity index (χ1v) is 9.72. The zero-order valence-corrected chi connectivity index (χ0v) is 15.2. The lowest BCUT2D eigenvalue weighted by atomic mass is 10.0. The summed E-state index contributed by atoms with van der Waals surface area (Å²) in [5.74, 6) is -0.504. The van der Waals surface area contributed by atoms with Gasteiger partial charge in [0.05, 0.1) is 6.42 Å². The Labute approximate surface area is 150 Å². The fourth-order valence-electron chi connectivity index (χ4n) is 3.94. The number of ether oxygens (including phenoxy) is 1. The van der Waals surface area contributed by atoms with E-state index in [2.05, 4.69) is 17.4 Å². The Morgan fingerprint density at radius 1 is 1.08 bits per heavy atom. The van der Waals surface area contributed by atoms with Crippen LogP contribution in [0.2, 0.25) is 0 Å². The Balaban J connectivity index is 1.47. The van der Waals surface area contributed by atoms with Crippen LogP contribution in [0.1, 0.15) is 68.6 Å². The van der Waals surface area contributed by atoms with Crippen molar-refractivity contribution in [2.75, 3.05) is 0 Å². The molecule has 136 valence electrons. The minimum Gasteiger partial charge on any atom is -0.452 e. The minimum atomic E-state index is -0.731. The van der Waals surface area contributed by atoms with Gasteiger partial charge in [0.15, 0.2) is 6.10 Å². The third kappa shape index (κ3) is 5.07. The second-order valence-corrected chi connectivity index (χ2v) is 7.46. The number of esters is 1. The number of aryl methyl sites for hydroxylation is 2. The second kappa shape index (κ2) is 8.50. The lowest BCUT2D eigenvalue weighted by molar-refractivity contribution is -0.154. The number of benzene rings is 1. The fourth-order valence-corrected chi connectivity index (χ4v) is 3.94. The molecule has 4 nitrogen and oxygen atoms in total. The molecule has 0 aliphatic heterocycles. The van der Waals surface area contributed by atoms with Crippen LogP contribution in [-0.4, -0.2) is 24.0 Å². The summed E-state index contributed by atoms with van der Waals surface area (Å²) < 4.78 is 5.36. The molecule has 0 radical (unpaired) electrons. The van der Waals surface area contributed by atoms with Crippen LogP contribution >= 0.6 is 0 Å². The molecule has 0 saturated heterocycles. The Kier molecular flexibility index (Phi) is 6.11. The van der Waals surface area contributed by atoms with Gasteiger partial charge >= 0.3 is 5.97 Å². The van der Waals surface area contributed by atoms with E-state index in [-0.39, 0.29) is 24.3 Å². The van der Waals surface area contributed by atoms with Crippen LogP contribution in [0.25, 0.3) is 0 Å². The van der Waals surface area contributed by atoms with Crippen molar-refractivity contribution in [3.63, 3.8) is 0 Å². The van der Waals surface area contributed by atoms with E-state index in [1.165, 1.54) is 30.4 Å². The molecule has 2 aliphatic carbocycles. The summed E-state index contributed by atoms with van der Waals surface area (Å²) >= 11 is 0. The molecule has 1 aromatic rings. The van der Waals surface area contributed by atoms with Crippen molar-refractivity contribution in [2.24, 2.45) is 0 Å². The molecule has 1 N–H and O–H groups in total. The maximum atomic E-state index is 12.3. The van der Waals surface area contributed by atoms with E-state index in [0.717, 1.165) is 44.1 Å². The van der Waals surface area contributed by atoms with Crippen molar-refractivity contribution >= 4 is 11.9 Å². The Hall–Kier alpha value is -1.84. The first-order valence-electron chi connectivity index (χ1n) is 9.72. The number of carbonyl (C=O) groups is 2. The summed E-state index contributed by atoms with van der Waals surface area (Å²) in [5.41, 5.74) is 3.72. The molecule has 25 heavy (non-hydrogen) atoms. The summed E-state index contributed by atoms with van der Waals surface area (Å²) in [6, 6.07) is 6.46. The Bertz CT molecular complexity index is 618. The van der Waals surface area contributed by atoms with E-state index in [4.69, 9.17) is 4.74 Å². The summed E-state index contributed by atoms with van der Waals surface area (Å²) in [4.78, 5) is 24.4. The molecule has 0 bridgehead atoms. The predicted octanol–water partition coefficient (Wildman–Crippen LogP) is 3.49. The molecule has 4 heteroatoms. The monoisotopic (exact) mass is 343 g/mol. The SMILES string of the molecule is C[C@H](OC(=O)Cc1ccc2c(c1)CCC2)C(=O)NC1CCCCCC1. The maximum Gasteiger partial charge on any atom is 0.311 e. The van der Waals surface area contributed by atoms with Gasteiger partial charge in [-0.1, -0.05) is 43.9 Å². The first-order chi connectivity index (χ1) is 12.1. The summed E-state index contributed by atoms with van der Waals surface area (Å²) in [5, 5.41) is 3.05. The molecular formula is C21H29NO3. The third-order valence-corrected chi connectivity index (χ3v) is 5.39. The van der Waals surface area contributed by atoms with Gasteiger partial charge in [-0.15, -0.1) is 0 Å². The van der Waals surface area contributed by atoms with Crippen molar-refractivity contribution in [1.82, 2.24) is 5.32 Å². The molecule has 0 unspecified atom stereocenters. The molecule has 1 fully saturated rings. The number of carbonyl (C=O) groups excluding carboxylic acids is 2. The van der Waals surface area contributed by atoms with Gasteiger partial charge in [-0.3, -0.25) is 9.59 Å². The van der Waals surface area contributed by atoms with Crippen molar-refractivity contribution in [3.05, 3.63) is 34.9 Å². The predicted molar refractivity (Wildman–Crippen MR) is 97.4 cm³/mol. The number of rotatable bonds is 5. The van der Waals surface area contributed by atoms with Gasteiger partial charge in [-0.25, -0.2) is 0 Å². The van der Waals surface area contributed by atoms with Gasteiger partial charge in [-0.2, -0.15) is 0 Å². The Morgan fingerprint density at radius 3 is 2.56 bits per heavy atom. The van der Waals surface area contributed by atoms with E-state index < -0.39 is 6.10 Å². The fraction of sp³-hybridized carbons (Fsp3) is 0.619. The molecule has 1 saturated carbocycles. The third-order valence-electron chi connectivity index (χ3n) is 5.39. The zero-order chi connectivity index (χ0) is 17.6. The van der Waals surface area contributed by atoms with E-state index in [1.54, 1.807) is 6.92 Å².